The molecule has 5 nitrogen and oxygen atoms in total. The molecule has 0 atom stereocenters. The van der Waals surface area contributed by atoms with Crippen molar-refractivity contribution in [2.75, 3.05) is 6.61 Å². The van der Waals surface area contributed by atoms with Gasteiger partial charge in [0.15, 0.2) is 6.26 Å². The summed E-state index contributed by atoms with van der Waals surface area (Å²) in [5, 5.41) is 10.4. The molecule has 5 heteroatoms. The molecule has 0 fully saturated rings. The summed E-state index contributed by atoms with van der Waals surface area (Å²) in [6.07, 6.45) is -1.37. The minimum atomic E-state index is -1.37. The molecule has 0 aliphatic carbocycles. The first kappa shape index (κ1) is 6.73. The van der Waals surface area contributed by atoms with Crippen molar-refractivity contribution in [3.63, 3.8) is 0 Å². The van der Waals surface area contributed by atoms with Gasteiger partial charge in [0.2, 0.25) is 5.71 Å². The minimum Gasteiger partial charge on any atom is -0.461 e. The van der Waals surface area contributed by atoms with Crippen molar-refractivity contribution in [3.05, 3.63) is 0 Å². The molecular formula is C5H7NO4. The van der Waals surface area contributed by atoms with Gasteiger partial charge < -0.3 is 9.94 Å². The molecule has 0 spiro atoms. The lowest BCUT2D eigenvalue weighted by atomic mass is 10.4. The summed E-state index contributed by atoms with van der Waals surface area (Å²) in [7, 11) is 0. The zero-order chi connectivity index (χ0) is 8.85. The van der Waals surface area contributed by atoms with Crippen LogP contribution < -0.4 is 0 Å². The molecule has 0 rings (SSSR count). The van der Waals surface area contributed by atoms with Gasteiger partial charge >= 0.3 is 5.97 Å². The normalized spacial score (nSPS) is 12.1. The number of aldehydes is 1. The van der Waals surface area contributed by atoms with Gasteiger partial charge in [-0.25, -0.2) is 4.79 Å². The molecule has 0 radical (unpaired) electrons. The van der Waals surface area contributed by atoms with Gasteiger partial charge in [0, 0.05) is 0 Å². The lowest BCUT2D eigenvalue weighted by Crippen LogP contribution is -2.18. The first-order valence-electron chi connectivity index (χ1n) is 3.03. The van der Waals surface area contributed by atoms with Crippen LogP contribution in [0.1, 0.15) is 8.29 Å². The van der Waals surface area contributed by atoms with E-state index >= 15 is 0 Å². The minimum absolute atomic E-state index is 0.0606. The molecule has 0 saturated heterocycles. The fourth-order valence-electron chi connectivity index (χ4n) is 0.302. The molecule has 0 aromatic carbocycles. The van der Waals surface area contributed by atoms with Crippen LogP contribution in [0, 0.1) is 0 Å². The average molecular weight is 146 g/mol. The Labute approximate surface area is 58.7 Å². The Morgan fingerprint density at radius 3 is 2.90 bits per heavy atom. The van der Waals surface area contributed by atoms with Gasteiger partial charge in [0.1, 0.15) is 1.37 Å². The van der Waals surface area contributed by atoms with E-state index < -0.39 is 17.9 Å². The van der Waals surface area contributed by atoms with Crippen LogP contribution in [0.3, 0.4) is 0 Å². The maximum absolute atomic E-state index is 10.6. The first-order valence-corrected chi connectivity index (χ1v) is 2.53. The lowest BCUT2D eigenvalue weighted by molar-refractivity contribution is -0.135. The Bertz CT molecular complexity index is 201. The molecule has 0 aromatic rings. The number of oxime groups is 1. The van der Waals surface area contributed by atoms with E-state index in [1.807, 2.05) is 0 Å². The third-order valence-electron chi connectivity index (χ3n) is 0.665. The van der Waals surface area contributed by atoms with Crippen LogP contribution in [-0.2, 0) is 14.3 Å². The number of nitrogens with zero attached hydrogens (tertiary/aromatic N) is 1. The second-order valence-corrected chi connectivity index (χ2v) is 1.27. The van der Waals surface area contributed by atoms with Gasteiger partial charge in [-0.15, -0.1) is 0 Å². The summed E-state index contributed by atoms with van der Waals surface area (Å²) in [4.78, 5) is 20.7. The van der Waals surface area contributed by atoms with Gasteiger partial charge in [0.05, 0.1) is 6.61 Å². The zero-order valence-electron chi connectivity index (χ0n) is 6.33. The highest BCUT2D eigenvalue weighted by atomic mass is 16.5. The topological polar surface area (TPSA) is 76.0 Å². The van der Waals surface area contributed by atoms with E-state index in [-0.39, 0.29) is 6.61 Å². The lowest BCUT2D eigenvalue weighted by Gasteiger charge is -1.95. The second-order valence-electron chi connectivity index (χ2n) is 1.27. The maximum Gasteiger partial charge on any atom is 0.363 e. The third-order valence-corrected chi connectivity index (χ3v) is 0.665. The Morgan fingerprint density at radius 2 is 2.60 bits per heavy atom. The van der Waals surface area contributed by atoms with Crippen molar-refractivity contribution >= 4 is 17.9 Å². The standard InChI is InChI=1S/C5H7NO4/c1-2-10-5(8)4(3-7)6-9/h3,9H,2H2,1H3/b6-4-/i3D. The predicted molar refractivity (Wildman–Crippen MR) is 31.9 cm³/mol. The summed E-state index contributed by atoms with van der Waals surface area (Å²) in [6, 6.07) is 0. The molecule has 0 aliphatic rings. The highest BCUT2D eigenvalue weighted by Crippen LogP contribution is 1.80. The van der Waals surface area contributed by atoms with Crippen LogP contribution in [-0.4, -0.2) is 29.8 Å². The summed E-state index contributed by atoms with van der Waals surface area (Å²) in [5.41, 5.74) is -0.910. The van der Waals surface area contributed by atoms with E-state index in [1.165, 1.54) is 6.92 Å². The Kier molecular flexibility index (Phi) is 3.02. The van der Waals surface area contributed by atoms with E-state index in [0.717, 1.165) is 0 Å². The van der Waals surface area contributed by atoms with E-state index in [0.29, 0.717) is 0 Å². The summed E-state index contributed by atoms with van der Waals surface area (Å²) < 4.78 is 10.7. The van der Waals surface area contributed by atoms with Crippen LogP contribution in [0.4, 0.5) is 0 Å². The van der Waals surface area contributed by atoms with Crippen molar-refractivity contribution < 1.29 is 20.9 Å². The van der Waals surface area contributed by atoms with Crippen molar-refractivity contribution in [2.45, 2.75) is 6.92 Å². The van der Waals surface area contributed by atoms with Crippen LogP contribution in [0.2, 0.25) is 0 Å². The Balaban J connectivity index is 4.29. The highest BCUT2D eigenvalue weighted by molar-refractivity contribution is 6.58. The molecule has 0 bridgehead atoms. The van der Waals surface area contributed by atoms with Gasteiger partial charge in [-0.05, 0) is 6.92 Å². The van der Waals surface area contributed by atoms with E-state index in [9.17, 15) is 9.59 Å². The van der Waals surface area contributed by atoms with Gasteiger partial charge in [-0.1, -0.05) is 5.16 Å². The zero-order valence-corrected chi connectivity index (χ0v) is 5.33. The molecule has 0 aromatic heterocycles. The number of hydrogen-bond donors (Lipinski definition) is 1. The Hall–Kier alpha value is -1.39. The SMILES string of the molecule is [2H]C(=O)/C(=N/O)C(=O)OCC. The van der Waals surface area contributed by atoms with Crippen LogP contribution >= 0.6 is 0 Å². The number of hydrogen-bond acceptors (Lipinski definition) is 5. The molecule has 0 unspecified atom stereocenters. The molecule has 10 heavy (non-hydrogen) atoms. The Morgan fingerprint density at radius 1 is 2.00 bits per heavy atom. The fourth-order valence-corrected chi connectivity index (χ4v) is 0.302. The molecule has 0 heterocycles. The number of rotatable bonds is 3. The van der Waals surface area contributed by atoms with Gasteiger partial charge in [0.25, 0.3) is 0 Å². The van der Waals surface area contributed by atoms with Crippen LogP contribution in [0.25, 0.3) is 0 Å². The highest BCUT2D eigenvalue weighted by Gasteiger charge is 2.10. The quantitative estimate of drug-likeness (QED) is 0.146. The smallest absolute Gasteiger partial charge is 0.363 e. The average Bonchev–Trinajstić information content (AvgIpc) is 1.88. The van der Waals surface area contributed by atoms with Crippen LogP contribution in [0.15, 0.2) is 5.16 Å². The number of carbonyl (C=O) groups is 2. The van der Waals surface area contributed by atoms with Crippen molar-refractivity contribution in [2.24, 2.45) is 5.16 Å². The van der Waals surface area contributed by atoms with E-state index in [2.05, 4.69) is 9.89 Å². The van der Waals surface area contributed by atoms with Crippen molar-refractivity contribution in [3.8, 4) is 0 Å². The second kappa shape index (κ2) is 4.49. The summed E-state index contributed by atoms with van der Waals surface area (Å²) >= 11 is 0. The first-order chi connectivity index (χ1) is 5.13. The van der Waals surface area contributed by atoms with E-state index in [1.54, 1.807) is 0 Å². The largest absolute Gasteiger partial charge is 0.461 e. The number of esters is 1. The van der Waals surface area contributed by atoms with Crippen molar-refractivity contribution in [1.82, 2.24) is 0 Å². The number of carbonyl (C=O) groups excluding carboxylic acids is 2. The molecule has 0 amide bonds. The third kappa shape index (κ3) is 2.25. The number of ether oxygens (including phenoxy) is 1. The predicted octanol–water partition coefficient (Wildman–Crippen LogP) is -0.421. The molecule has 0 saturated carbocycles. The van der Waals surface area contributed by atoms with E-state index in [4.69, 9.17) is 6.58 Å². The molecule has 56 valence electrons. The summed E-state index contributed by atoms with van der Waals surface area (Å²) in [6.45, 7) is 1.59. The maximum atomic E-state index is 10.6. The van der Waals surface area contributed by atoms with Crippen molar-refractivity contribution in [1.29, 1.82) is 0 Å². The fraction of sp³-hybridized carbons (Fsp3) is 0.400. The van der Waals surface area contributed by atoms with Gasteiger partial charge in [-0.3, -0.25) is 4.79 Å². The monoisotopic (exact) mass is 146 g/mol. The van der Waals surface area contributed by atoms with Gasteiger partial charge in [-0.2, -0.15) is 0 Å². The molecule has 0 aliphatic heterocycles. The van der Waals surface area contributed by atoms with Crippen LogP contribution in [0.5, 0.6) is 0 Å². The summed E-state index contributed by atoms with van der Waals surface area (Å²) in [5.74, 6) is -1.09. The molecular weight excluding hydrogens is 138 g/mol. The molecule has 1 N–H and O–H groups in total.